The normalized spacial score (nSPS) is 11.5. The average molecular weight is 344 g/mol. The van der Waals surface area contributed by atoms with E-state index in [1.54, 1.807) is 48.5 Å². The van der Waals surface area contributed by atoms with Crippen molar-refractivity contribution in [3.05, 3.63) is 71.9 Å². The van der Waals surface area contributed by atoms with Gasteiger partial charge >= 0.3 is 0 Å². The Labute approximate surface area is 139 Å². The topological polar surface area (TPSA) is 97.1 Å². The molecule has 0 amide bonds. The number of aliphatic hydroxyl groups is 1. The third-order valence-corrected chi connectivity index (χ3v) is 4.82. The molecule has 0 saturated heterocycles. The van der Waals surface area contributed by atoms with Gasteiger partial charge in [0.1, 0.15) is 0 Å². The van der Waals surface area contributed by atoms with E-state index in [0.717, 1.165) is 11.1 Å². The molecular weight excluding hydrogens is 328 g/mol. The average Bonchev–Trinajstić information content (AvgIpc) is 3.12. The Balaban J connectivity index is 1.80. The molecule has 0 radical (unpaired) electrons. The third-order valence-electron chi connectivity index (χ3n) is 3.47. The first-order valence-electron chi connectivity index (χ1n) is 7.24. The molecule has 2 aromatic carbocycles. The maximum Gasteiger partial charge on any atom is 0.260 e. The van der Waals surface area contributed by atoms with Crippen LogP contribution in [-0.2, 0) is 23.2 Å². The third kappa shape index (κ3) is 3.51. The van der Waals surface area contributed by atoms with Gasteiger partial charge in [-0.15, -0.1) is 5.10 Å². The van der Waals surface area contributed by atoms with Crippen molar-refractivity contribution in [3.8, 4) is 5.69 Å². The lowest BCUT2D eigenvalue weighted by atomic mass is 10.1. The summed E-state index contributed by atoms with van der Waals surface area (Å²) >= 11 is 0. The number of sulfonamides is 1. The van der Waals surface area contributed by atoms with Crippen molar-refractivity contribution in [1.29, 1.82) is 0 Å². The monoisotopic (exact) mass is 344 g/mol. The molecule has 2 N–H and O–H groups in total. The highest BCUT2D eigenvalue weighted by molar-refractivity contribution is 7.89. The summed E-state index contributed by atoms with van der Waals surface area (Å²) in [7, 11) is -3.77. The number of aliphatic hydroxyl groups excluding tert-OH is 1. The number of aromatic nitrogens is 3. The van der Waals surface area contributed by atoms with Crippen LogP contribution in [-0.4, -0.2) is 28.5 Å². The summed E-state index contributed by atoms with van der Waals surface area (Å²) in [6.45, 7) is 0.0853. The van der Waals surface area contributed by atoms with E-state index in [1.807, 2.05) is 6.07 Å². The van der Waals surface area contributed by atoms with E-state index in [9.17, 15) is 8.42 Å². The van der Waals surface area contributed by atoms with Gasteiger partial charge in [-0.1, -0.05) is 47.7 Å². The molecule has 1 aromatic heterocycles. The van der Waals surface area contributed by atoms with Crippen LogP contribution >= 0.6 is 0 Å². The van der Waals surface area contributed by atoms with Gasteiger partial charge in [0.25, 0.3) is 10.0 Å². The van der Waals surface area contributed by atoms with E-state index in [4.69, 9.17) is 5.11 Å². The quantitative estimate of drug-likeness (QED) is 0.701. The number of rotatable bonds is 6. The molecule has 0 atom stereocenters. The predicted molar refractivity (Wildman–Crippen MR) is 87.7 cm³/mol. The summed E-state index contributed by atoms with van der Waals surface area (Å²) in [5.74, 6) is 0. The summed E-state index contributed by atoms with van der Waals surface area (Å²) in [6, 6.07) is 16.0. The fourth-order valence-corrected chi connectivity index (χ4v) is 3.23. The van der Waals surface area contributed by atoms with Crippen LogP contribution in [0.2, 0.25) is 0 Å². The lowest BCUT2D eigenvalue weighted by Crippen LogP contribution is -2.25. The largest absolute Gasteiger partial charge is 0.392 e. The highest BCUT2D eigenvalue weighted by Crippen LogP contribution is 2.14. The van der Waals surface area contributed by atoms with Crippen LogP contribution in [0.1, 0.15) is 11.1 Å². The van der Waals surface area contributed by atoms with Gasteiger partial charge in [-0.05, 0) is 23.3 Å². The van der Waals surface area contributed by atoms with Crippen LogP contribution in [0.4, 0.5) is 0 Å². The molecule has 0 unspecified atom stereocenters. The van der Waals surface area contributed by atoms with E-state index < -0.39 is 10.0 Å². The van der Waals surface area contributed by atoms with Crippen molar-refractivity contribution in [1.82, 2.24) is 19.7 Å². The molecular formula is C16H16N4O3S. The Morgan fingerprint density at radius 1 is 1.00 bits per heavy atom. The van der Waals surface area contributed by atoms with Gasteiger partial charge in [-0.2, -0.15) is 0 Å². The zero-order valence-corrected chi connectivity index (χ0v) is 13.5. The van der Waals surface area contributed by atoms with Crippen LogP contribution in [0.3, 0.4) is 0 Å². The summed E-state index contributed by atoms with van der Waals surface area (Å²) in [5.41, 5.74) is 2.17. The fraction of sp³-hybridized carbons (Fsp3) is 0.125. The van der Waals surface area contributed by atoms with E-state index >= 15 is 0 Å². The molecule has 124 valence electrons. The van der Waals surface area contributed by atoms with Gasteiger partial charge in [-0.3, -0.25) is 0 Å². The van der Waals surface area contributed by atoms with Crippen molar-refractivity contribution in [3.63, 3.8) is 0 Å². The van der Waals surface area contributed by atoms with Gasteiger partial charge in [0.2, 0.25) is 0 Å². The molecule has 24 heavy (non-hydrogen) atoms. The minimum Gasteiger partial charge on any atom is -0.392 e. The summed E-state index contributed by atoms with van der Waals surface area (Å²) in [5, 5.41) is 16.6. The summed E-state index contributed by atoms with van der Waals surface area (Å²) in [6.07, 6.45) is 1.21. The van der Waals surface area contributed by atoms with Crippen LogP contribution in [0.5, 0.6) is 0 Å². The van der Waals surface area contributed by atoms with Crippen LogP contribution in [0, 0.1) is 0 Å². The molecule has 0 fully saturated rings. The van der Waals surface area contributed by atoms with E-state index in [1.165, 1.54) is 10.9 Å². The van der Waals surface area contributed by atoms with Gasteiger partial charge in [0.05, 0.1) is 18.5 Å². The van der Waals surface area contributed by atoms with Crippen molar-refractivity contribution >= 4 is 10.0 Å². The smallest absolute Gasteiger partial charge is 0.260 e. The zero-order valence-electron chi connectivity index (χ0n) is 12.7. The predicted octanol–water partition coefficient (Wildman–Crippen LogP) is 1.24. The first-order valence-corrected chi connectivity index (χ1v) is 8.73. The van der Waals surface area contributed by atoms with Crippen molar-refractivity contribution in [2.75, 3.05) is 0 Å². The van der Waals surface area contributed by atoms with Crippen molar-refractivity contribution in [2.24, 2.45) is 0 Å². The number of benzene rings is 2. The summed E-state index contributed by atoms with van der Waals surface area (Å²) in [4.78, 5) is 0. The molecule has 3 rings (SSSR count). The lowest BCUT2D eigenvalue weighted by molar-refractivity contribution is 0.282. The van der Waals surface area contributed by atoms with Gasteiger partial charge in [0, 0.05) is 6.54 Å². The Morgan fingerprint density at radius 2 is 1.67 bits per heavy atom. The summed E-state index contributed by atoms with van der Waals surface area (Å²) < 4.78 is 28.9. The first-order chi connectivity index (χ1) is 11.6. The van der Waals surface area contributed by atoms with Gasteiger partial charge < -0.3 is 5.11 Å². The van der Waals surface area contributed by atoms with Gasteiger partial charge in [-0.25, -0.2) is 17.8 Å². The van der Waals surface area contributed by atoms with Crippen molar-refractivity contribution in [2.45, 2.75) is 18.2 Å². The van der Waals surface area contributed by atoms with Crippen LogP contribution in [0.15, 0.2) is 65.8 Å². The lowest BCUT2D eigenvalue weighted by Gasteiger charge is -2.09. The second kappa shape index (κ2) is 6.91. The molecule has 1 heterocycles. The number of nitrogens with zero attached hydrogens (tertiary/aromatic N) is 3. The standard InChI is InChI=1S/C16H16N4O3S/c21-12-14-8-6-13(7-9-14)10-18-24(22,23)16-11-17-19-20(16)15-4-2-1-3-5-15/h1-9,11,18,21H,10,12H2. The minimum atomic E-state index is -3.77. The molecule has 8 heteroatoms. The number of hydrogen-bond donors (Lipinski definition) is 2. The highest BCUT2D eigenvalue weighted by atomic mass is 32.2. The number of nitrogens with one attached hydrogen (secondary N) is 1. The molecule has 0 aliphatic heterocycles. The molecule has 0 bridgehead atoms. The zero-order chi connectivity index (χ0) is 17.0. The maximum absolute atomic E-state index is 12.5. The van der Waals surface area contributed by atoms with Crippen LogP contribution < -0.4 is 4.72 Å². The molecule has 0 aliphatic rings. The van der Waals surface area contributed by atoms with E-state index in [-0.39, 0.29) is 18.2 Å². The Bertz CT molecular complexity index is 906. The van der Waals surface area contributed by atoms with Gasteiger partial charge in [0.15, 0.2) is 5.03 Å². The minimum absolute atomic E-state index is 0.0271. The molecule has 0 saturated carbocycles. The van der Waals surface area contributed by atoms with Crippen LogP contribution in [0.25, 0.3) is 5.69 Å². The SMILES string of the molecule is O=S(=O)(NCc1ccc(CO)cc1)c1cnnn1-c1ccccc1. The molecule has 7 nitrogen and oxygen atoms in total. The van der Waals surface area contributed by atoms with Crippen molar-refractivity contribution < 1.29 is 13.5 Å². The Morgan fingerprint density at radius 3 is 2.33 bits per heavy atom. The number of para-hydroxylation sites is 1. The molecule has 3 aromatic rings. The highest BCUT2D eigenvalue weighted by Gasteiger charge is 2.21. The Kier molecular flexibility index (Phi) is 4.70. The molecule has 0 aliphatic carbocycles. The Hall–Kier alpha value is -2.55. The first kappa shape index (κ1) is 16.3. The second-order valence-electron chi connectivity index (χ2n) is 5.12. The molecule has 0 spiro atoms. The van der Waals surface area contributed by atoms with E-state index in [2.05, 4.69) is 15.0 Å². The maximum atomic E-state index is 12.5. The second-order valence-corrected chi connectivity index (χ2v) is 6.83. The fourth-order valence-electron chi connectivity index (χ4n) is 2.17. The van der Waals surface area contributed by atoms with E-state index in [0.29, 0.717) is 5.69 Å². The number of hydrogen-bond acceptors (Lipinski definition) is 5.